The summed E-state index contributed by atoms with van der Waals surface area (Å²) >= 11 is 0. The summed E-state index contributed by atoms with van der Waals surface area (Å²) in [5.74, 6) is -1.07. The number of aliphatic hydroxyl groups excluding tert-OH is 2. The van der Waals surface area contributed by atoms with Crippen molar-refractivity contribution in [2.45, 2.75) is 90.8 Å². The van der Waals surface area contributed by atoms with Gasteiger partial charge in [0.15, 0.2) is 8.32 Å². The van der Waals surface area contributed by atoms with Crippen LogP contribution in [0.15, 0.2) is 11.1 Å². The van der Waals surface area contributed by atoms with Crippen molar-refractivity contribution in [3.8, 4) is 0 Å². The minimum atomic E-state index is -1.94. The Balaban J connectivity index is 4.97. The van der Waals surface area contributed by atoms with E-state index in [2.05, 4.69) is 33.9 Å². The van der Waals surface area contributed by atoms with Gasteiger partial charge in [-0.2, -0.15) is 0 Å². The van der Waals surface area contributed by atoms with E-state index in [-0.39, 0.29) is 23.1 Å². The number of carbonyl (C=O) groups is 1. The fourth-order valence-electron chi connectivity index (χ4n) is 2.26. The van der Waals surface area contributed by atoms with Crippen LogP contribution in [0.1, 0.15) is 54.4 Å². The van der Waals surface area contributed by atoms with Crippen molar-refractivity contribution in [1.82, 2.24) is 0 Å². The third kappa shape index (κ3) is 6.37. The first-order valence-corrected chi connectivity index (χ1v) is 11.1. The molecular formula is C17H34O5Si. The fraction of sp³-hybridized carbons (Fsp3) is 0.824. The number of carboxylic acid groups (broad SMARTS) is 1. The van der Waals surface area contributed by atoms with Gasteiger partial charge in [-0.25, -0.2) is 4.79 Å². The minimum absolute atomic E-state index is 0.0687. The van der Waals surface area contributed by atoms with Gasteiger partial charge in [0.05, 0.1) is 6.10 Å². The van der Waals surface area contributed by atoms with Gasteiger partial charge in [-0.3, -0.25) is 0 Å². The van der Waals surface area contributed by atoms with E-state index in [1.54, 1.807) is 6.92 Å². The molecule has 0 aliphatic rings. The monoisotopic (exact) mass is 346 g/mol. The average molecular weight is 347 g/mol. The van der Waals surface area contributed by atoms with Gasteiger partial charge in [0.1, 0.15) is 6.10 Å². The Morgan fingerprint density at radius 2 is 1.70 bits per heavy atom. The molecule has 0 aliphatic carbocycles. The lowest BCUT2D eigenvalue weighted by Crippen LogP contribution is -2.44. The number of carboxylic acids is 1. The maximum absolute atomic E-state index is 11.1. The highest BCUT2D eigenvalue weighted by molar-refractivity contribution is 6.74. The highest BCUT2D eigenvalue weighted by atomic mass is 28.4. The summed E-state index contributed by atoms with van der Waals surface area (Å²) in [7, 11) is -1.94. The minimum Gasteiger partial charge on any atom is -0.478 e. The van der Waals surface area contributed by atoms with Crippen LogP contribution in [-0.4, -0.2) is 47.9 Å². The Morgan fingerprint density at radius 3 is 2.04 bits per heavy atom. The molecule has 0 fully saturated rings. The van der Waals surface area contributed by atoms with Crippen molar-refractivity contribution in [3.63, 3.8) is 0 Å². The Labute approximate surface area is 141 Å². The van der Waals surface area contributed by atoms with Crippen LogP contribution in [0.3, 0.4) is 0 Å². The van der Waals surface area contributed by atoms with Gasteiger partial charge in [-0.15, -0.1) is 0 Å². The van der Waals surface area contributed by atoms with Crippen molar-refractivity contribution in [3.05, 3.63) is 11.1 Å². The first kappa shape index (κ1) is 22.3. The highest BCUT2D eigenvalue weighted by Gasteiger charge is 2.39. The van der Waals surface area contributed by atoms with Gasteiger partial charge in [-0.1, -0.05) is 27.7 Å². The van der Waals surface area contributed by atoms with Crippen molar-refractivity contribution in [1.29, 1.82) is 0 Å². The third-order valence-corrected chi connectivity index (χ3v) is 9.38. The summed E-state index contributed by atoms with van der Waals surface area (Å²) in [6.07, 6.45) is -1.78. The molecule has 0 rings (SSSR count). The van der Waals surface area contributed by atoms with E-state index >= 15 is 0 Å². The van der Waals surface area contributed by atoms with Crippen LogP contribution in [-0.2, 0) is 9.22 Å². The smallest absolute Gasteiger partial charge is 0.331 e. The quantitative estimate of drug-likeness (QED) is 0.463. The lowest BCUT2D eigenvalue weighted by atomic mass is 9.94. The first-order valence-electron chi connectivity index (χ1n) is 8.21. The molecule has 6 heteroatoms. The van der Waals surface area contributed by atoms with Crippen LogP contribution in [0.4, 0.5) is 0 Å². The molecule has 5 nitrogen and oxygen atoms in total. The topological polar surface area (TPSA) is 87.0 Å². The molecular weight excluding hydrogens is 312 g/mol. The summed E-state index contributed by atoms with van der Waals surface area (Å²) in [4.78, 5) is 11.1. The van der Waals surface area contributed by atoms with E-state index < -0.39 is 26.5 Å². The van der Waals surface area contributed by atoms with Crippen LogP contribution in [0.5, 0.6) is 0 Å². The van der Waals surface area contributed by atoms with Crippen LogP contribution < -0.4 is 0 Å². The van der Waals surface area contributed by atoms with Crippen LogP contribution >= 0.6 is 0 Å². The Kier molecular flexibility index (Phi) is 8.16. The predicted molar refractivity (Wildman–Crippen MR) is 95.0 cm³/mol. The molecule has 0 aromatic rings. The number of hydrogen-bond donors (Lipinski definition) is 3. The average Bonchev–Trinajstić information content (AvgIpc) is 2.36. The standard InChI is InChI=1S/C17H34O5Si/c1-9-13(12(3)16(20)21)15(19)14(18)10-11(2)22-23(7,8)17(4,5)6/h11,14-15,18-19H,9-10H2,1-8H3,(H,20,21)/t11-,14-,15-/m1/s1. The second-order valence-electron chi connectivity index (χ2n) is 7.75. The van der Waals surface area contributed by atoms with Gasteiger partial charge >= 0.3 is 5.97 Å². The molecule has 3 atom stereocenters. The second kappa shape index (κ2) is 8.42. The fourth-order valence-corrected chi connectivity index (χ4v) is 3.72. The molecule has 0 radical (unpaired) electrons. The molecule has 0 spiro atoms. The molecule has 0 unspecified atom stereocenters. The molecule has 0 saturated carbocycles. The molecule has 0 saturated heterocycles. The molecule has 0 bridgehead atoms. The lowest BCUT2D eigenvalue weighted by molar-refractivity contribution is -0.132. The molecule has 0 amide bonds. The summed E-state index contributed by atoms with van der Waals surface area (Å²) in [6.45, 7) is 15.8. The van der Waals surface area contributed by atoms with Crippen molar-refractivity contribution in [2.75, 3.05) is 0 Å². The van der Waals surface area contributed by atoms with E-state index in [1.165, 1.54) is 6.92 Å². The van der Waals surface area contributed by atoms with E-state index in [4.69, 9.17) is 9.53 Å². The maximum Gasteiger partial charge on any atom is 0.331 e. The Hall–Kier alpha value is -0.693. The highest BCUT2D eigenvalue weighted by Crippen LogP contribution is 2.37. The number of aliphatic carboxylic acids is 1. The summed E-state index contributed by atoms with van der Waals surface area (Å²) in [6, 6.07) is 0. The van der Waals surface area contributed by atoms with E-state index in [9.17, 15) is 15.0 Å². The van der Waals surface area contributed by atoms with E-state index in [0.29, 0.717) is 12.0 Å². The Bertz CT molecular complexity index is 437. The maximum atomic E-state index is 11.1. The van der Waals surface area contributed by atoms with E-state index in [1.807, 2.05) is 6.92 Å². The van der Waals surface area contributed by atoms with Crippen molar-refractivity contribution >= 4 is 14.3 Å². The van der Waals surface area contributed by atoms with Gasteiger partial charge in [-0.05, 0) is 44.0 Å². The zero-order valence-electron chi connectivity index (χ0n) is 15.8. The SMILES string of the molecule is CCC(=C(C)C(=O)O)[C@@H](O)[C@H](O)C[C@@H](C)O[Si](C)(C)C(C)(C)C. The van der Waals surface area contributed by atoms with Crippen LogP contribution in [0.2, 0.25) is 18.1 Å². The number of hydrogen-bond acceptors (Lipinski definition) is 4. The molecule has 136 valence electrons. The zero-order chi connectivity index (χ0) is 18.6. The lowest BCUT2D eigenvalue weighted by Gasteiger charge is -2.39. The molecule has 0 aromatic carbocycles. The summed E-state index contributed by atoms with van der Waals surface area (Å²) < 4.78 is 6.18. The largest absolute Gasteiger partial charge is 0.478 e. The van der Waals surface area contributed by atoms with Crippen LogP contribution in [0, 0.1) is 0 Å². The van der Waals surface area contributed by atoms with Gasteiger partial charge in [0.2, 0.25) is 0 Å². The van der Waals surface area contributed by atoms with Crippen molar-refractivity contribution < 1.29 is 24.5 Å². The molecule has 0 heterocycles. The molecule has 0 aromatic heterocycles. The zero-order valence-corrected chi connectivity index (χ0v) is 16.8. The first-order chi connectivity index (χ1) is 10.2. The third-order valence-electron chi connectivity index (χ3n) is 4.78. The molecule has 3 N–H and O–H groups in total. The summed E-state index contributed by atoms with van der Waals surface area (Å²) in [5.41, 5.74) is 0.460. The number of rotatable bonds is 8. The second-order valence-corrected chi connectivity index (χ2v) is 12.5. The van der Waals surface area contributed by atoms with Gasteiger partial charge < -0.3 is 19.7 Å². The number of aliphatic hydroxyl groups is 2. The molecule has 23 heavy (non-hydrogen) atoms. The normalized spacial score (nSPS) is 18.2. The van der Waals surface area contributed by atoms with E-state index in [0.717, 1.165) is 0 Å². The molecule has 0 aliphatic heterocycles. The summed E-state index contributed by atoms with van der Waals surface area (Å²) in [5, 5.41) is 29.7. The van der Waals surface area contributed by atoms with Crippen molar-refractivity contribution in [2.24, 2.45) is 0 Å². The van der Waals surface area contributed by atoms with Crippen LogP contribution in [0.25, 0.3) is 0 Å². The van der Waals surface area contributed by atoms with Gasteiger partial charge in [0, 0.05) is 18.1 Å². The Morgan fingerprint density at radius 1 is 1.22 bits per heavy atom. The van der Waals surface area contributed by atoms with Gasteiger partial charge in [0.25, 0.3) is 0 Å². The predicted octanol–water partition coefficient (Wildman–Crippen LogP) is 3.32.